The molecule has 0 spiro atoms. The van der Waals surface area contributed by atoms with Gasteiger partial charge in [-0.2, -0.15) is 0 Å². The van der Waals surface area contributed by atoms with Gasteiger partial charge in [-0.15, -0.1) is 0 Å². The molecule has 0 bridgehead atoms. The third kappa shape index (κ3) is 3.16. The SMILES string of the molecule is CC(C)(B=Cc1ccccc1)c1ccccc1. The van der Waals surface area contributed by atoms with Crippen LogP contribution in [0.4, 0.5) is 0 Å². The van der Waals surface area contributed by atoms with Crippen molar-refractivity contribution < 1.29 is 0 Å². The molecule has 2 aromatic rings. The number of rotatable bonds is 3. The van der Waals surface area contributed by atoms with E-state index in [2.05, 4.69) is 81.3 Å². The Morgan fingerprint density at radius 3 is 1.94 bits per heavy atom. The summed E-state index contributed by atoms with van der Waals surface area (Å²) in [5, 5.41) is 0.0666. The van der Waals surface area contributed by atoms with Gasteiger partial charge in [0.1, 0.15) is 0 Å². The van der Waals surface area contributed by atoms with Crippen LogP contribution in [-0.2, 0) is 5.31 Å². The van der Waals surface area contributed by atoms with Crippen molar-refractivity contribution in [3.8, 4) is 0 Å². The van der Waals surface area contributed by atoms with Crippen LogP contribution in [-0.4, -0.2) is 12.9 Å². The fraction of sp³-hybridized carbons (Fsp3) is 0.188. The van der Waals surface area contributed by atoms with Gasteiger partial charge in [0.25, 0.3) is 0 Å². The molecule has 0 aliphatic rings. The van der Waals surface area contributed by atoms with Crippen molar-refractivity contribution in [3.63, 3.8) is 0 Å². The molecule has 0 radical (unpaired) electrons. The van der Waals surface area contributed by atoms with Gasteiger partial charge in [0.15, 0.2) is 0 Å². The van der Waals surface area contributed by atoms with Crippen LogP contribution in [0.25, 0.3) is 0 Å². The van der Waals surface area contributed by atoms with Crippen molar-refractivity contribution in [1.29, 1.82) is 0 Å². The Balaban J connectivity index is 2.21. The first-order valence-electron chi connectivity index (χ1n) is 5.98. The zero-order valence-corrected chi connectivity index (χ0v) is 10.4. The van der Waals surface area contributed by atoms with Gasteiger partial charge in [-0.3, -0.25) is 0 Å². The Morgan fingerprint density at radius 1 is 0.824 bits per heavy atom. The van der Waals surface area contributed by atoms with E-state index >= 15 is 0 Å². The Labute approximate surface area is 104 Å². The zero-order chi connectivity index (χ0) is 12.1. The van der Waals surface area contributed by atoms with Crippen LogP contribution < -0.4 is 0 Å². The van der Waals surface area contributed by atoms with Crippen LogP contribution in [0.5, 0.6) is 0 Å². The third-order valence-electron chi connectivity index (χ3n) is 3.01. The number of benzene rings is 2. The molecule has 84 valence electrons. The van der Waals surface area contributed by atoms with E-state index < -0.39 is 0 Å². The van der Waals surface area contributed by atoms with Crippen LogP contribution in [0.1, 0.15) is 25.0 Å². The molecule has 0 amide bonds. The first-order valence-corrected chi connectivity index (χ1v) is 5.98. The van der Waals surface area contributed by atoms with Crippen LogP contribution in [0.3, 0.4) is 0 Å². The Bertz CT molecular complexity index is 483. The van der Waals surface area contributed by atoms with Crippen molar-refractivity contribution in [1.82, 2.24) is 0 Å². The van der Waals surface area contributed by atoms with Gasteiger partial charge in [0, 0.05) is 0 Å². The average Bonchev–Trinajstić information content (AvgIpc) is 2.39. The van der Waals surface area contributed by atoms with Crippen molar-refractivity contribution in [2.45, 2.75) is 19.2 Å². The summed E-state index contributed by atoms with van der Waals surface area (Å²) in [6, 6.07) is 21.0. The molecule has 0 atom stereocenters. The van der Waals surface area contributed by atoms with Gasteiger partial charge in [0.2, 0.25) is 0 Å². The number of hydrogen-bond acceptors (Lipinski definition) is 0. The van der Waals surface area contributed by atoms with Crippen LogP contribution >= 0.6 is 0 Å². The monoisotopic (exact) mass is 220 g/mol. The summed E-state index contributed by atoms with van der Waals surface area (Å²) in [6.07, 6.45) is 0. The van der Waals surface area contributed by atoms with Gasteiger partial charge >= 0.3 is 104 Å². The molecule has 0 unspecified atom stereocenters. The second kappa shape index (κ2) is 5.14. The fourth-order valence-corrected chi connectivity index (χ4v) is 1.83. The summed E-state index contributed by atoms with van der Waals surface area (Å²) in [5.41, 5.74) is 2.59. The first kappa shape index (κ1) is 11.8. The van der Waals surface area contributed by atoms with Crippen molar-refractivity contribution in [2.24, 2.45) is 0 Å². The second-order valence-corrected chi connectivity index (χ2v) is 4.83. The number of hydrogen-bond donors (Lipinski definition) is 0. The Hall–Kier alpha value is -1.63. The summed E-state index contributed by atoms with van der Waals surface area (Å²) in [6.45, 7) is 6.74. The van der Waals surface area contributed by atoms with E-state index in [1.165, 1.54) is 11.1 Å². The molecule has 0 aromatic heterocycles. The van der Waals surface area contributed by atoms with E-state index in [9.17, 15) is 0 Å². The van der Waals surface area contributed by atoms with Crippen LogP contribution in [0.15, 0.2) is 60.7 Å². The molecule has 2 aromatic carbocycles. The Morgan fingerprint density at radius 2 is 1.35 bits per heavy atom. The van der Waals surface area contributed by atoms with Crippen molar-refractivity contribution in [3.05, 3.63) is 71.8 Å². The van der Waals surface area contributed by atoms with E-state index in [4.69, 9.17) is 0 Å². The van der Waals surface area contributed by atoms with Crippen molar-refractivity contribution in [2.75, 3.05) is 0 Å². The van der Waals surface area contributed by atoms with E-state index in [0.717, 1.165) is 0 Å². The van der Waals surface area contributed by atoms with Gasteiger partial charge in [-0.05, 0) is 0 Å². The van der Waals surface area contributed by atoms with Crippen LogP contribution in [0.2, 0.25) is 0 Å². The molecule has 0 aliphatic heterocycles. The molecule has 0 fully saturated rings. The van der Waals surface area contributed by atoms with Crippen LogP contribution in [0, 0.1) is 0 Å². The van der Waals surface area contributed by atoms with Gasteiger partial charge < -0.3 is 0 Å². The van der Waals surface area contributed by atoms with Crippen molar-refractivity contribution >= 4 is 12.9 Å². The summed E-state index contributed by atoms with van der Waals surface area (Å²) in [4.78, 5) is 0. The van der Waals surface area contributed by atoms with Gasteiger partial charge in [0.05, 0.1) is 0 Å². The van der Waals surface area contributed by atoms with E-state index in [-0.39, 0.29) is 5.31 Å². The average molecular weight is 220 g/mol. The maximum atomic E-state index is 2.26. The molecule has 0 N–H and O–H groups in total. The quantitative estimate of drug-likeness (QED) is 0.694. The zero-order valence-electron chi connectivity index (χ0n) is 10.4. The van der Waals surface area contributed by atoms with Gasteiger partial charge in [-0.1, -0.05) is 0 Å². The molecule has 0 nitrogen and oxygen atoms in total. The standard InChI is InChI=1S/C16H17B/c1-16(2,15-11-7-4-8-12-15)17-13-14-9-5-3-6-10-14/h3-13H,1-2H3. The second-order valence-electron chi connectivity index (χ2n) is 4.83. The molecule has 1 heteroatoms. The minimum atomic E-state index is 0.0666. The first-order chi connectivity index (χ1) is 8.18. The topological polar surface area (TPSA) is 0 Å². The molecular weight excluding hydrogens is 203 g/mol. The van der Waals surface area contributed by atoms with E-state index in [0.29, 0.717) is 0 Å². The van der Waals surface area contributed by atoms with E-state index in [1.54, 1.807) is 0 Å². The summed E-state index contributed by atoms with van der Waals surface area (Å²) in [5.74, 6) is 2.19. The maximum absolute atomic E-state index is 2.26. The summed E-state index contributed by atoms with van der Waals surface area (Å²) in [7, 11) is 0. The molecule has 17 heavy (non-hydrogen) atoms. The predicted octanol–water partition coefficient (Wildman–Crippen LogP) is 3.48. The van der Waals surface area contributed by atoms with E-state index in [1.807, 2.05) is 6.07 Å². The molecule has 0 aliphatic carbocycles. The Kier molecular flexibility index (Phi) is 3.58. The minimum absolute atomic E-state index is 0.0666. The predicted molar refractivity (Wildman–Crippen MR) is 76.8 cm³/mol. The van der Waals surface area contributed by atoms with Gasteiger partial charge in [-0.25, -0.2) is 0 Å². The molecule has 0 heterocycles. The molecule has 0 saturated heterocycles. The third-order valence-corrected chi connectivity index (χ3v) is 3.01. The normalized spacial score (nSPS) is 11.4. The molecular formula is C16H17B. The molecule has 0 saturated carbocycles. The molecule has 2 rings (SSSR count). The summed E-state index contributed by atoms with van der Waals surface area (Å²) >= 11 is 0. The fourth-order valence-electron chi connectivity index (χ4n) is 1.83. The summed E-state index contributed by atoms with van der Waals surface area (Å²) < 4.78 is 0.